The average molecular weight is 256 g/mol. The fourth-order valence-electron chi connectivity index (χ4n) is 1.26. The van der Waals surface area contributed by atoms with E-state index >= 15 is 0 Å². The lowest BCUT2D eigenvalue weighted by atomic mass is 10.4. The molecule has 18 heavy (non-hydrogen) atoms. The summed E-state index contributed by atoms with van der Waals surface area (Å²) >= 11 is 0. The number of anilines is 2. The van der Waals surface area contributed by atoms with Crippen LogP contribution in [-0.2, 0) is 6.54 Å². The Hall–Kier alpha value is -2.29. The van der Waals surface area contributed by atoms with Gasteiger partial charge in [-0.15, -0.1) is 0 Å². The predicted octanol–water partition coefficient (Wildman–Crippen LogP) is 0.949. The minimum Gasteiger partial charge on any atom is -0.358 e. The molecule has 2 heterocycles. The van der Waals surface area contributed by atoms with Crippen molar-refractivity contribution in [3.63, 3.8) is 0 Å². The van der Waals surface area contributed by atoms with Crippen LogP contribution in [0.25, 0.3) is 0 Å². The first-order chi connectivity index (χ1) is 8.60. The van der Waals surface area contributed by atoms with E-state index in [1.807, 2.05) is 5.43 Å². The Morgan fingerprint density at radius 3 is 2.61 bits per heavy atom. The van der Waals surface area contributed by atoms with Gasteiger partial charge in [-0.05, 0) is 6.92 Å². The molecule has 0 unspecified atom stereocenters. The molecule has 2 aromatic heterocycles. The molecule has 96 valence electrons. The van der Waals surface area contributed by atoms with E-state index in [0.29, 0.717) is 11.9 Å². The van der Waals surface area contributed by atoms with E-state index in [2.05, 4.69) is 20.4 Å². The van der Waals surface area contributed by atoms with Crippen molar-refractivity contribution in [2.24, 2.45) is 5.84 Å². The number of hydrogen-bond acceptors (Lipinski definition) is 7. The van der Waals surface area contributed by atoms with Gasteiger partial charge in [0.2, 0.25) is 5.89 Å². The summed E-state index contributed by atoms with van der Waals surface area (Å²) in [7, 11) is 0. The van der Waals surface area contributed by atoms with Crippen LogP contribution in [0.5, 0.6) is 0 Å². The van der Waals surface area contributed by atoms with Crippen molar-refractivity contribution in [2.75, 3.05) is 10.7 Å². The molecule has 4 N–H and O–H groups in total. The molecule has 0 amide bonds. The lowest BCUT2D eigenvalue weighted by Crippen LogP contribution is -2.13. The van der Waals surface area contributed by atoms with Crippen molar-refractivity contribution in [2.45, 2.75) is 13.5 Å². The zero-order chi connectivity index (χ0) is 13.1. The highest BCUT2D eigenvalue weighted by atomic mass is 19.1. The second kappa shape index (κ2) is 4.92. The van der Waals surface area contributed by atoms with Gasteiger partial charge in [-0.1, -0.05) is 5.16 Å². The number of pyridine rings is 1. The second-order valence-electron chi connectivity index (χ2n) is 3.38. The molecule has 2 aromatic rings. The van der Waals surface area contributed by atoms with Crippen LogP contribution in [0.2, 0.25) is 0 Å². The highest BCUT2D eigenvalue weighted by Gasteiger charge is 2.12. The maximum atomic E-state index is 13.4. The third-order valence-electron chi connectivity index (χ3n) is 2.04. The summed E-state index contributed by atoms with van der Waals surface area (Å²) in [4.78, 5) is 7.54. The molecule has 0 aliphatic rings. The van der Waals surface area contributed by atoms with Crippen LogP contribution in [0.4, 0.5) is 20.4 Å². The number of aryl methyl sites for hydroxylation is 1. The van der Waals surface area contributed by atoms with Crippen LogP contribution >= 0.6 is 0 Å². The van der Waals surface area contributed by atoms with Crippen molar-refractivity contribution in [1.29, 1.82) is 0 Å². The van der Waals surface area contributed by atoms with E-state index in [9.17, 15) is 8.78 Å². The van der Waals surface area contributed by atoms with E-state index in [-0.39, 0.29) is 24.1 Å². The van der Waals surface area contributed by atoms with Crippen LogP contribution in [0.3, 0.4) is 0 Å². The summed E-state index contributed by atoms with van der Waals surface area (Å²) < 4.78 is 31.3. The lowest BCUT2D eigenvalue weighted by Gasteiger charge is -2.07. The maximum absolute atomic E-state index is 13.4. The third kappa shape index (κ3) is 2.51. The minimum absolute atomic E-state index is 0.0698. The third-order valence-corrected chi connectivity index (χ3v) is 2.04. The van der Waals surface area contributed by atoms with Gasteiger partial charge in [0.1, 0.15) is 0 Å². The topological polar surface area (TPSA) is 102 Å². The molecule has 0 fully saturated rings. The average Bonchev–Trinajstić information content (AvgIpc) is 2.74. The zero-order valence-corrected chi connectivity index (χ0v) is 9.37. The summed E-state index contributed by atoms with van der Waals surface area (Å²) in [6, 6.07) is 0.670. The fourth-order valence-corrected chi connectivity index (χ4v) is 1.26. The number of hydrogen-bond donors (Lipinski definition) is 3. The number of aromatic nitrogens is 3. The van der Waals surface area contributed by atoms with E-state index in [0.717, 1.165) is 0 Å². The molecule has 0 aliphatic heterocycles. The molecule has 0 spiro atoms. The highest BCUT2D eigenvalue weighted by molar-refractivity contribution is 5.46. The first kappa shape index (κ1) is 12.2. The Bertz CT molecular complexity index is 558. The van der Waals surface area contributed by atoms with Gasteiger partial charge in [-0.3, -0.25) is 0 Å². The first-order valence-electron chi connectivity index (χ1n) is 4.96. The van der Waals surface area contributed by atoms with Crippen molar-refractivity contribution < 1.29 is 13.3 Å². The second-order valence-corrected chi connectivity index (χ2v) is 3.38. The summed E-state index contributed by atoms with van der Waals surface area (Å²) in [5.74, 6) is 3.61. The molecule has 9 heteroatoms. The Kier molecular flexibility index (Phi) is 3.33. The number of halogens is 2. The molecule has 0 saturated carbocycles. The van der Waals surface area contributed by atoms with Gasteiger partial charge >= 0.3 is 0 Å². The van der Waals surface area contributed by atoms with Gasteiger partial charge in [0.25, 0.3) is 0 Å². The zero-order valence-electron chi connectivity index (χ0n) is 9.37. The van der Waals surface area contributed by atoms with Crippen molar-refractivity contribution in [3.05, 3.63) is 29.4 Å². The Labute approximate surface area is 100 Å². The van der Waals surface area contributed by atoms with Crippen LogP contribution in [0.1, 0.15) is 11.7 Å². The number of hydrazine groups is 1. The molecule has 0 saturated heterocycles. The highest BCUT2D eigenvalue weighted by Crippen LogP contribution is 2.18. The Morgan fingerprint density at radius 2 is 2.00 bits per heavy atom. The van der Waals surface area contributed by atoms with Gasteiger partial charge in [0.15, 0.2) is 29.1 Å². The number of nitrogens with two attached hydrogens (primary N) is 1. The number of nitrogen functional groups attached to an aromatic ring is 1. The monoisotopic (exact) mass is 256 g/mol. The molecule has 2 rings (SSSR count). The van der Waals surface area contributed by atoms with Gasteiger partial charge in [0.05, 0.1) is 6.54 Å². The number of rotatable bonds is 4. The van der Waals surface area contributed by atoms with Crippen molar-refractivity contribution in [3.8, 4) is 0 Å². The molecule has 0 bridgehead atoms. The number of nitrogens with one attached hydrogen (secondary N) is 2. The molecule has 0 radical (unpaired) electrons. The van der Waals surface area contributed by atoms with Gasteiger partial charge < -0.3 is 15.3 Å². The van der Waals surface area contributed by atoms with Crippen LogP contribution in [0, 0.1) is 18.6 Å². The van der Waals surface area contributed by atoms with Crippen molar-refractivity contribution >= 4 is 11.6 Å². The minimum atomic E-state index is -0.880. The molecule has 0 atom stereocenters. The van der Waals surface area contributed by atoms with Crippen LogP contribution < -0.4 is 16.6 Å². The van der Waals surface area contributed by atoms with Crippen molar-refractivity contribution in [1.82, 2.24) is 15.1 Å². The van der Waals surface area contributed by atoms with Crippen LogP contribution in [-0.4, -0.2) is 15.1 Å². The molecular formula is C9H10F2N6O. The summed E-state index contributed by atoms with van der Waals surface area (Å²) in [6.07, 6.45) is 0. The fraction of sp³-hybridized carbons (Fsp3) is 0.222. The number of nitrogens with zero attached hydrogens (tertiary/aromatic N) is 3. The van der Waals surface area contributed by atoms with Gasteiger partial charge in [-0.2, -0.15) is 4.98 Å². The van der Waals surface area contributed by atoms with Gasteiger partial charge in [-0.25, -0.2) is 19.6 Å². The molecule has 0 aliphatic carbocycles. The molecular weight excluding hydrogens is 246 g/mol. The molecule has 7 nitrogen and oxygen atoms in total. The summed E-state index contributed by atoms with van der Waals surface area (Å²) in [6.45, 7) is 1.72. The SMILES string of the molecule is Cc1noc(CNc2nc(NN)c(F)cc2F)n1. The standard InChI is InChI=1S/C9H10F2N6O/c1-4-14-7(18-17-4)3-13-8-5(10)2-6(11)9(15-8)16-12/h2H,3,12H2,1H3,(H2,13,15,16). The Morgan fingerprint density at radius 1 is 1.28 bits per heavy atom. The van der Waals surface area contributed by atoms with Crippen LogP contribution in [0.15, 0.2) is 10.6 Å². The normalized spacial score (nSPS) is 10.4. The van der Waals surface area contributed by atoms with E-state index < -0.39 is 11.6 Å². The van der Waals surface area contributed by atoms with E-state index in [4.69, 9.17) is 10.4 Å². The first-order valence-corrected chi connectivity index (χ1v) is 4.96. The summed E-state index contributed by atoms with van der Waals surface area (Å²) in [5, 5.41) is 6.17. The Balaban J connectivity index is 2.13. The van der Waals surface area contributed by atoms with Gasteiger partial charge in [0, 0.05) is 6.07 Å². The largest absolute Gasteiger partial charge is 0.358 e. The maximum Gasteiger partial charge on any atom is 0.245 e. The van der Waals surface area contributed by atoms with E-state index in [1.54, 1.807) is 6.92 Å². The molecule has 0 aromatic carbocycles. The smallest absolute Gasteiger partial charge is 0.245 e. The lowest BCUT2D eigenvalue weighted by molar-refractivity contribution is 0.379. The van der Waals surface area contributed by atoms with E-state index in [1.165, 1.54) is 0 Å². The summed E-state index contributed by atoms with van der Waals surface area (Å²) in [5.41, 5.74) is 2.02. The quantitative estimate of drug-likeness (QED) is 0.552. The predicted molar refractivity (Wildman–Crippen MR) is 58.3 cm³/mol.